The molecule has 0 aliphatic carbocycles. The Morgan fingerprint density at radius 1 is 0.938 bits per heavy atom. The second-order valence-corrected chi connectivity index (χ2v) is 2.81. The van der Waals surface area contributed by atoms with Crippen molar-refractivity contribution in [2.75, 3.05) is 53.3 Å². The SMILES string of the molecule is CCOCCOCCOCCOC(=O)NC. The van der Waals surface area contributed by atoms with E-state index in [4.69, 9.17) is 18.9 Å². The first-order valence-electron chi connectivity index (χ1n) is 5.39. The van der Waals surface area contributed by atoms with Gasteiger partial charge < -0.3 is 24.3 Å². The van der Waals surface area contributed by atoms with Crippen molar-refractivity contribution in [2.24, 2.45) is 0 Å². The molecule has 0 aliphatic heterocycles. The number of rotatable bonds is 10. The molecule has 0 radical (unpaired) electrons. The second kappa shape index (κ2) is 12.2. The third-order valence-corrected chi connectivity index (χ3v) is 1.61. The average molecular weight is 235 g/mol. The van der Waals surface area contributed by atoms with Gasteiger partial charge >= 0.3 is 6.09 Å². The minimum Gasteiger partial charge on any atom is -0.447 e. The van der Waals surface area contributed by atoms with Gasteiger partial charge in [0.05, 0.1) is 33.0 Å². The standard InChI is InChI=1S/C10H21NO5/c1-3-13-4-5-14-6-7-15-8-9-16-10(12)11-2/h3-9H2,1-2H3,(H,11,12). The molecule has 6 heteroatoms. The highest BCUT2D eigenvalue weighted by Crippen LogP contribution is 1.82. The van der Waals surface area contributed by atoms with Crippen molar-refractivity contribution in [3.05, 3.63) is 0 Å². The van der Waals surface area contributed by atoms with Gasteiger partial charge in [-0.15, -0.1) is 0 Å². The van der Waals surface area contributed by atoms with Crippen LogP contribution < -0.4 is 5.32 Å². The molecule has 0 bridgehead atoms. The molecule has 0 spiro atoms. The quantitative estimate of drug-likeness (QED) is 0.556. The van der Waals surface area contributed by atoms with E-state index < -0.39 is 6.09 Å². The summed E-state index contributed by atoms with van der Waals surface area (Å²) >= 11 is 0. The maximum Gasteiger partial charge on any atom is 0.406 e. The number of alkyl carbamates (subject to hydrolysis) is 1. The maximum atomic E-state index is 10.6. The van der Waals surface area contributed by atoms with E-state index in [0.717, 1.165) is 0 Å². The summed E-state index contributed by atoms with van der Waals surface area (Å²) in [6, 6.07) is 0. The summed E-state index contributed by atoms with van der Waals surface area (Å²) in [5.74, 6) is 0. The van der Waals surface area contributed by atoms with Gasteiger partial charge in [0.1, 0.15) is 6.61 Å². The summed E-state index contributed by atoms with van der Waals surface area (Å²) in [5.41, 5.74) is 0. The van der Waals surface area contributed by atoms with Crippen LogP contribution in [-0.2, 0) is 18.9 Å². The number of amides is 1. The Balaban J connectivity index is 2.96. The van der Waals surface area contributed by atoms with Crippen molar-refractivity contribution in [1.82, 2.24) is 5.32 Å². The smallest absolute Gasteiger partial charge is 0.406 e. The van der Waals surface area contributed by atoms with E-state index in [9.17, 15) is 4.79 Å². The lowest BCUT2D eigenvalue weighted by Crippen LogP contribution is -2.21. The Morgan fingerprint density at radius 2 is 1.44 bits per heavy atom. The minimum absolute atomic E-state index is 0.249. The number of ether oxygens (including phenoxy) is 4. The van der Waals surface area contributed by atoms with Gasteiger partial charge in [0.15, 0.2) is 0 Å². The number of carbonyl (C=O) groups is 1. The number of hydrogen-bond acceptors (Lipinski definition) is 5. The first kappa shape index (κ1) is 15.2. The van der Waals surface area contributed by atoms with Gasteiger partial charge in [-0.05, 0) is 6.92 Å². The fourth-order valence-corrected chi connectivity index (χ4v) is 0.850. The molecule has 0 heterocycles. The zero-order valence-corrected chi connectivity index (χ0v) is 9.99. The first-order valence-corrected chi connectivity index (χ1v) is 5.39. The van der Waals surface area contributed by atoms with E-state index in [-0.39, 0.29) is 6.61 Å². The van der Waals surface area contributed by atoms with Crippen LogP contribution in [0.15, 0.2) is 0 Å². The predicted octanol–water partition coefficient (Wildman–Crippen LogP) is 0.412. The summed E-state index contributed by atoms with van der Waals surface area (Å²) in [6.45, 7) is 5.46. The minimum atomic E-state index is -0.448. The van der Waals surface area contributed by atoms with E-state index in [1.807, 2.05) is 6.92 Å². The van der Waals surface area contributed by atoms with Gasteiger partial charge in [-0.1, -0.05) is 0 Å². The molecule has 6 nitrogen and oxygen atoms in total. The van der Waals surface area contributed by atoms with Crippen molar-refractivity contribution in [1.29, 1.82) is 0 Å². The van der Waals surface area contributed by atoms with Crippen LogP contribution in [0.4, 0.5) is 4.79 Å². The second-order valence-electron chi connectivity index (χ2n) is 2.81. The molecule has 0 unspecified atom stereocenters. The zero-order valence-electron chi connectivity index (χ0n) is 9.99. The Labute approximate surface area is 96.2 Å². The molecule has 16 heavy (non-hydrogen) atoms. The molecule has 0 saturated heterocycles. The summed E-state index contributed by atoms with van der Waals surface area (Å²) in [5, 5.41) is 2.34. The zero-order chi connectivity index (χ0) is 12.1. The summed E-state index contributed by atoms with van der Waals surface area (Å²) in [7, 11) is 1.51. The Morgan fingerprint density at radius 3 is 1.94 bits per heavy atom. The van der Waals surface area contributed by atoms with Crippen molar-refractivity contribution < 1.29 is 23.7 Å². The average Bonchev–Trinajstić information content (AvgIpc) is 2.31. The number of hydrogen-bond donors (Lipinski definition) is 1. The van der Waals surface area contributed by atoms with Crippen LogP contribution in [0.25, 0.3) is 0 Å². The van der Waals surface area contributed by atoms with Gasteiger partial charge in [0.2, 0.25) is 0 Å². The fourth-order valence-electron chi connectivity index (χ4n) is 0.850. The molecule has 0 saturated carbocycles. The van der Waals surface area contributed by atoms with Gasteiger partial charge in [-0.25, -0.2) is 4.79 Å². The first-order chi connectivity index (χ1) is 7.81. The fraction of sp³-hybridized carbons (Fsp3) is 0.900. The van der Waals surface area contributed by atoms with Crippen LogP contribution in [0.3, 0.4) is 0 Å². The highest BCUT2D eigenvalue weighted by Gasteiger charge is 1.96. The lowest BCUT2D eigenvalue weighted by molar-refractivity contribution is 0.00757. The predicted molar refractivity (Wildman–Crippen MR) is 58.5 cm³/mol. The normalized spacial score (nSPS) is 10.1. The van der Waals surface area contributed by atoms with Crippen LogP contribution >= 0.6 is 0 Å². The molecular formula is C10H21NO5. The van der Waals surface area contributed by atoms with Crippen LogP contribution in [0.2, 0.25) is 0 Å². The summed E-state index contributed by atoms with van der Waals surface area (Å²) < 4.78 is 20.2. The lowest BCUT2D eigenvalue weighted by atomic mass is 10.7. The van der Waals surface area contributed by atoms with Gasteiger partial charge in [0.25, 0.3) is 0 Å². The van der Waals surface area contributed by atoms with Crippen molar-refractivity contribution in [2.45, 2.75) is 6.92 Å². The Hall–Kier alpha value is -0.850. The largest absolute Gasteiger partial charge is 0.447 e. The molecule has 0 aromatic carbocycles. The van der Waals surface area contributed by atoms with Gasteiger partial charge in [-0.3, -0.25) is 0 Å². The van der Waals surface area contributed by atoms with Crippen LogP contribution in [0.5, 0.6) is 0 Å². The Kier molecular flexibility index (Phi) is 11.6. The van der Waals surface area contributed by atoms with E-state index >= 15 is 0 Å². The third kappa shape index (κ3) is 11.2. The molecule has 0 aliphatic rings. The molecule has 0 aromatic heterocycles. The number of nitrogens with one attached hydrogen (secondary N) is 1. The highest BCUT2D eigenvalue weighted by molar-refractivity contribution is 5.66. The molecule has 96 valence electrons. The van der Waals surface area contributed by atoms with Crippen LogP contribution in [-0.4, -0.2) is 59.4 Å². The summed E-state index contributed by atoms with van der Waals surface area (Å²) in [4.78, 5) is 10.6. The van der Waals surface area contributed by atoms with E-state index in [1.54, 1.807) is 0 Å². The number of carbonyl (C=O) groups excluding carboxylic acids is 1. The molecular weight excluding hydrogens is 214 g/mol. The van der Waals surface area contributed by atoms with Gasteiger partial charge in [-0.2, -0.15) is 0 Å². The van der Waals surface area contributed by atoms with E-state index in [0.29, 0.717) is 39.6 Å². The van der Waals surface area contributed by atoms with Crippen molar-refractivity contribution >= 4 is 6.09 Å². The maximum absolute atomic E-state index is 10.6. The van der Waals surface area contributed by atoms with E-state index in [2.05, 4.69) is 5.32 Å². The molecule has 0 atom stereocenters. The summed E-state index contributed by atoms with van der Waals surface area (Å²) in [6.07, 6.45) is -0.448. The molecule has 0 fully saturated rings. The van der Waals surface area contributed by atoms with Crippen molar-refractivity contribution in [3.8, 4) is 0 Å². The van der Waals surface area contributed by atoms with Gasteiger partial charge in [0, 0.05) is 13.7 Å². The van der Waals surface area contributed by atoms with Crippen molar-refractivity contribution in [3.63, 3.8) is 0 Å². The molecule has 1 N–H and O–H groups in total. The highest BCUT2D eigenvalue weighted by atomic mass is 16.6. The van der Waals surface area contributed by atoms with Crippen LogP contribution in [0.1, 0.15) is 6.92 Å². The van der Waals surface area contributed by atoms with E-state index in [1.165, 1.54) is 7.05 Å². The lowest BCUT2D eigenvalue weighted by Gasteiger charge is -2.06. The third-order valence-electron chi connectivity index (χ3n) is 1.61. The molecule has 0 aromatic rings. The monoisotopic (exact) mass is 235 g/mol. The Bertz CT molecular complexity index is 165. The molecule has 1 amide bonds. The topological polar surface area (TPSA) is 66.0 Å². The molecule has 0 rings (SSSR count). The van der Waals surface area contributed by atoms with Crippen LogP contribution in [0, 0.1) is 0 Å².